The van der Waals surface area contributed by atoms with E-state index in [-0.39, 0.29) is 28.7 Å². The summed E-state index contributed by atoms with van der Waals surface area (Å²) < 4.78 is 7.08. The Labute approximate surface area is 182 Å². The molecule has 31 heavy (non-hydrogen) atoms. The van der Waals surface area contributed by atoms with E-state index in [1.165, 1.54) is 4.57 Å². The van der Waals surface area contributed by atoms with Gasteiger partial charge in [0.1, 0.15) is 11.6 Å². The predicted molar refractivity (Wildman–Crippen MR) is 118 cm³/mol. The summed E-state index contributed by atoms with van der Waals surface area (Å²) in [6.45, 7) is 1.57. The number of H-pyrrole nitrogens is 2. The normalized spacial score (nSPS) is 16.6. The lowest BCUT2D eigenvalue weighted by molar-refractivity contribution is 0.0705. The smallest absolute Gasteiger partial charge is 0.262 e. The molecule has 5 rings (SSSR count). The summed E-state index contributed by atoms with van der Waals surface area (Å²) in [7, 11) is 0. The van der Waals surface area contributed by atoms with E-state index in [2.05, 4.69) is 15.0 Å². The molecule has 4 aromatic rings. The second-order valence-electron chi connectivity index (χ2n) is 7.73. The molecule has 1 saturated heterocycles. The van der Waals surface area contributed by atoms with E-state index in [9.17, 15) is 9.59 Å². The Morgan fingerprint density at radius 1 is 1.32 bits per heavy atom. The molecule has 9 heteroatoms. The maximum atomic E-state index is 13.2. The van der Waals surface area contributed by atoms with Gasteiger partial charge in [0.25, 0.3) is 11.5 Å². The van der Waals surface area contributed by atoms with Crippen LogP contribution in [0.5, 0.6) is 0 Å². The van der Waals surface area contributed by atoms with Crippen LogP contribution in [0.3, 0.4) is 0 Å². The van der Waals surface area contributed by atoms with Gasteiger partial charge in [-0.3, -0.25) is 14.2 Å². The lowest BCUT2D eigenvalue weighted by Gasteiger charge is -2.32. The van der Waals surface area contributed by atoms with Crippen molar-refractivity contribution in [2.75, 3.05) is 13.1 Å². The first-order valence-electron chi connectivity index (χ1n) is 10.2. The Bertz CT molecular complexity index is 1340. The van der Waals surface area contributed by atoms with Crippen molar-refractivity contribution in [2.45, 2.75) is 25.3 Å². The number of fused-ring (bicyclic) bond motifs is 1. The molecule has 1 amide bonds. The number of imidazole rings is 1. The Hall–Kier alpha value is -3.46. The van der Waals surface area contributed by atoms with Crippen molar-refractivity contribution in [3.8, 4) is 0 Å². The summed E-state index contributed by atoms with van der Waals surface area (Å²) in [5, 5.41) is 0.476. The molecule has 1 aliphatic rings. The quantitative estimate of drug-likeness (QED) is 0.478. The van der Waals surface area contributed by atoms with E-state index in [1.54, 1.807) is 49.0 Å². The topological polar surface area (TPSA) is 99.9 Å². The van der Waals surface area contributed by atoms with Crippen molar-refractivity contribution in [1.29, 1.82) is 0 Å². The second-order valence-corrected chi connectivity index (χ2v) is 8.11. The maximum absolute atomic E-state index is 13.2. The number of aromatic amines is 2. The first-order valence-corrected chi connectivity index (χ1v) is 10.6. The molecule has 0 bridgehead atoms. The van der Waals surface area contributed by atoms with Crippen molar-refractivity contribution >= 4 is 29.0 Å². The molecule has 4 heterocycles. The average Bonchev–Trinajstić information content (AvgIpc) is 3.50. The molecule has 0 aliphatic carbocycles. The number of piperidine rings is 1. The minimum Gasteiger partial charge on any atom is -0.467 e. The number of amides is 1. The highest BCUT2D eigenvalue weighted by Crippen LogP contribution is 2.25. The van der Waals surface area contributed by atoms with Crippen molar-refractivity contribution < 1.29 is 9.21 Å². The van der Waals surface area contributed by atoms with Gasteiger partial charge in [0.15, 0.2) is 4.77 Å². The van der Waals surface area contributed by atoms with Crippen LogP contribution >= 0.6 is 12.2 Å². The summed E-state index contributed by atoms with van der Waals surface area (Å²) in [6, 6.07) is 8.66. The first-order chi connectivity index (χ1) is 15.1. The Balaban J connectivity index is 1.43. The molecule has 0 saturated carbocycles. The molecule has 1 fully saturated rings. The molecule has 1 aliphatic heterocycles. The summed E-state index contributed by atoms with van der Waals surface area (Å²) in [5.74, 6) is 1.70. The Kier molecular flexibility index (Phi) is 5.03. The zero-order chi connectivity index (χ0) is 21.4. The van der Waals surface area contributed by atoms with Gasteiger partial charge in [-0.05, 0) is 55.4 Å². The van der Waals surface area contributed by atoms with Gasteiger partial charge < -0.3 is 19.3 Å². The number of hydrogen-bond donors (Lipinski definition) is 2. The van der Waals surface area contributed by atoms with Gasteiger partial charge in [-0.15, -0.1) is 0 Å². The summed E-state index contributed by atoms with van der Waals surface area (Å²) in [5.41, 5.74) is 0.863. The molecule has 1 aromatic carbocycles. The van der Waals surface area contributed by atoms with E-state index in [0.717, 1.165) is 18.7 Å². The lowest BCUT2D eigenvalue weighted by Crippen LogP contribution is -2.39. The third-order valence-corrected chi connectivity index (χ3v) is 6.06. The fourth-order valence-electron chi connectivity index (χ4n) is 4.16. The highest BCUT2D eigenvalue weighted by atomic mass is 32.1. The molecular weight excluding hydrogens is 414 g/mol. The molecule has 8 nitrogen and oxygen atoms in total. The zero-order valence-electron chi connectivity index (χ0n) is 16.7. The minimum atomic E-state index is -0.218. The lowest BCUT2D eigenvalue weighted by atomic mass is 9.96. The van der Waals surface area contributed by atoms with Gasteiger partial charge in [-0.25, -0.2) is 4.98 Å². The number of nitrogens with one attached hydrogen (secondary N) is 2. The molecule has 3 aromatic heterocycles. The number of aromatic nitrogens is 4. The molecule has 0 spiro atoms. The van der Waals surface area contributed by atoms with E-state index >= 15 is 0 Å². The number of nitrogens with zero attached hydrogens (tertiary/aromatic N) is 3. The van der Waals surface area contributed by atoms with Crippen molar-refractivity contribution in [1.82, 2.24) is 24.4 Å². The van der Waals surface area contributed by atoms with Crippen molar-refractivity contribution in [3.05, 3.63) is 81.3 Å². The SMILES string of the molecule is O=C(c1ccc2c(=O)n(Cc3ccco3)c(=S)[nH]c2c1)N1CCCC(c2ncc[nH]2)C1. The largest absolute Gasteiger partial charge is 0.467 e. The van der Waals surface area contributed by atoms with Crippen LogP contribution in [0.4, 0.5) is 0 Å². The fraction of sp³-hybridized carbons (Fsp3) is 0.273. The van der Waals surface area contributed by atoms with Gasteiger partial charge in [-0.2, -0.15) is 0 Å². The van der Waals surface area contributed by atoms with E-state index in [0.29, 0.717) is 35.3 Å². The third-order valence-electron chi connectivity index (χ3n) is 5.74. The molecule has 158 valence electrons. The average molecular weight is 436 g/mol. The summed E-state index contributed by atoms with van der Waals surface area (Å²) >= 11 is 5.40. The number of benzene rings is 1. The number of hydrogen-bond acceptors (Lipinski definition) is 5. The zero-order valence-corrected chi connectivity index (χ0v) is 17.5. The second kappa shape index (κ2) is 7.99. The van der Waals surface area contributed by atoms with Crippen LogP contribution in [0.2, 0.25) is 0 Å². The third kappa shape index (κ3) is 3.72. The summed E-state index contributed by atoms with van der Waals surface area (Å²) in [4.78, 5) is 38.6. The molecule has 1 unspecified atom stereocenters. The molecule has 2 N–H and O–H groups in total. The van der Waals surface area contributed by atoms with E-state index < -0.39 is 0 Å². The number of rotatable bonds is 4. The molecule has 1 atom stereocenters. The van der Waals surface area contributed by atoms with Gasteiger partial charge in [0, 0.05) is 37.0 Å². The molecular formula is C22H21N5O3S. The number of carbonyl (C=O) groups excluding carboxylic acids is 1. The summed E-state index contributed by atoms with van der Waals surface area (Å²) in [6.07, 6.45) is 7.02. The first kappa shape index (κ1) is 19.5. The number of carbonyl (C=O) groups is 1. The van der Waals surface area contributed by atoms with Crippen molar-refractivity contribution in [3.63, 3.8) is 0 Å². The van der Waals surface area contributed by atoms with Crippen LogP contribution < -0.4 is 5.56 Å². The van der Waals surface area contributed by atoms with E-state index in [4.69, 9.17) is 16.6 Å². The number of furan rings is 1. The predicted octanol–water partition coefficient (Wildman–Crippen LogP) is 3.44. The minimum absolute atomic E-state index is 0.0581. The number of likely N-dealkylation sites (tertiary alicyclic amines) is 1. The Morgan fingerprint density at radius 3 is 3.00 bits per heavy atom. The Morgan fingerprint density at radius 2 is 2.23 bits per heavy atom. The maximum Gasteiger partial charge on any atom is 0.262 e. The molecule has 0 radical (unpaired) electrons. The van der Waals surface area contributed by atoms with Gasteiger partial charge >= 0.3 is 0 Å². The standard InChI is InChI=1S/C22H21N5O3S/c28-20(26-9-1-3-15(12-26)19-23-7-8-24-19)14-5-6-17-18(11-14)25-22(31)27(21(17)29)13-16-4-2-10-30-16/h2,4-8,10-11,15H,1,3,9,12-13H2,(H,23,24)(H,25,31). The van der Waals surface area contributed by atoms with E-state index in [1.807, 2.05) is 4.90 Å². The fourth-order valence-corrected chi connectivity index (χ4v) is 4.42. The van der Waals surface area contributed by atoms with Crippen LogP contribution in [0, 0.1) is 4.77 Å². The van der Waals surface area contributed by atoms with Gasteiger partial charge in [0.05, 0.1) is 23.7 Å². The van der Waals surface area contributed by atoms with Crippen LogP contribution in [0.15, 0.2) is 58.2 Å². The highest BCUT2D eigenvalue weighted by Gasteiger charge is 2.27. The van der Waals surface area contributed by atoms with Crippen LogP contribution in [0.25, 0.3) is 10.9 Å². The van der Waals surface area contributed by atoms with Crippen LogP contribution in [0.1, 0.15) is 40.7 Å². The van der Waals surface area contributed by atoms with Crippen molar-refractivity contribution in [2.24, 2.45) is 0 Å². The van der Waals surface area contributed by atoms with Crippen LogP contribution in [-0.2, 0) is 6.54 Å². The van der Waals surface area contributed by atoms with Gasteiger partial charge in [-0.1, -0.05) is 0 Å². The van der Waals surface area contributed by atoms with Crippen LogP contribution in [-0.4, -0.2) is 43.4 Å². The highest BCUT2D eigenvalue weighted by molar-refractivity contribution is 7.71. The monoisotopic (exact) mass is 435 g/mol. The van der Waals surface area contributed by atoms with Gasteiger partial charge in [0.2, 0.25) is 0 Å².